The van der Waals surface area contributed by atoms with Crippen LogP contribution in [-0.2, 0) is 0 Å². The van der Waals surface area contributed by atoms with Crippen molar-refractivity contribution in [3.63, 3.8) is 0 Å². The van der Waals surface area contributed by atoms with Gasteiger partial charge in [-0.05, 0) is 38.0 Å². The SMILES string of the molecule is OC1(O)CCCCC(C2CCCCCCC2(O)O)CC1. The standard InChI is InChI=1S/C16H30O4/c17-15(18)10-6-4-7-13(9-12-15)14-8-3-1-2-5-11-16(14,19)20/h13-14,17-20H,1-12H2. The van der Waals surface area contributed by atoms with Crippen LogP contribution in [0.4, 0.5) is 0 Å². The molecule has 2 fully saturated rings. The van der Waals surface area contributed by atoms with E-state index >= 15 is 0 Å². The van der Waals surface area contributed by atoms with E-state index in [2.05, 4.69) is 0 Å². The molecule has 2 aliphatic carbocycles. The van der Waals surface area contributed by atoms with Crippen LogP contribution in [0.3, 0.4) is 0 Å². The monoisotopic (exact) mass is 286 g/mol. The van der Waals surface area contributed by atoms with Crippen LogP contribution in [0.2, 0.25) is 0 Å². The lowest BCUT2D eigenvalue weighted by Crippen LogP contribution is -2.43. The summed E-state index contributed by atoms with van der Waals surface area (Å²) in [6, 6.07) is 0. The third kappa shape index (κ3) is 4.42. The molecule has 20 heavy (non-hydrogen) atoms. The number of hydrogen-bond acceptors (Lipinski definition) is 4. The summed E-state index contributed by atoms with van der Waals surface area (Å²) in [5.41, 5.74) is 0. The molecule has 0 aromatic heterocycles. The van der Waals surface area contributed by atoms with Crippen LogP contribution in [0.1, 0.15) is 77.0 Å². The summed E-state index contributed by atoms with van der Waals surface area (Å²) in [5.74, 6) is -3.05. The second kappa shape index (κ2) is 6.73. The first-order chi connectivity index (χ1) is 9.41. The van der Waals surface area contributed by atoms with Gasteiger partial charge in [-0.2, -0.15) is 0 Å². The quantitative estimate of drug-likeness (QED) is 0.558. The van der Waals surface area contributed by atoms with E-state index in [0.717, 1.165) is 44.9 Å². The van der Waals surface area contributed by atoms with Gasteiger partial charge in [0.25, 0.3) is 0 Å². The van der Waals surface area contributed by atoms with Crippen molar-refractivity contribution < 1.29 is 20.4 Å². The summed E-state index contributed by atoms with van der Waals surface area (Å²) in [4.78, 5) is 0. The van der Waals surface area contributed by atoms with E-state index in [1.165, 1.54) is 6.42 Å². The van der Waals surface area contributed by atoms with Crippen LogP contribution in [0, 0.1) is 11.8 Å². The van der Waals surface area contributed by atoms with Gasteiger partial charge in [-0.25, -0.2) is 0 Å². The maximum Gasteiger partial charge on any atom is 0.165 e. The van der Waals surface area contributed by atoms with Crippen LogP contribution in [0.15, 0.2) is 0 Å². The first-order valence-electron chi connectivity index (χ1n) is 8.30. The molecule has 0 heterocycles. The van der Waals surface area contributed by atoms with Gasteiger partial charge in [0.1, 0.15) is 0 Å². The zero-order valence-corrected chi connectivity index (χ0v) is 12.4. The zero-order chi connectivity index (χ0) is 14.6. The number of aliphatic hydroxyl groups is 4. The van der Waals surface area contributed by atoms with Crippen molar-refractivity contribution in [1.82, 2.24) is 0 Å². The van der Waals surface area contributed by atoms with Gasteiger partial charge in [-0.15, -0.1) is 0 Å². The Morgan fingerprint density at radius 1 is 0.600 bits per heavy atom. The molecule has 0 amide bonds. The van der Waals surface area contributed by atoms with Gasteiger partial charge >= 0.3 is 0 Å². The number of rotatable bonds is 1. The summed E-state index contributed by atoms with van der Waals surface area (Å²) >= 11 is 0. The van der Waals surface area contributed by atoms with E-state index in [1.807, 2.05) is 0 Å². The highest BCUT2D eigenvalue weighted by molar-refractivity contribution is 4.86. The highest BCUT2D eigenvalue weighted by Crippen LogP contribution is 2.41. The molecule has 0 bridgehead atoms. The van der Waals surface area contributed by atoms with E-state index in [1.54, 1.807) is 0 Å². The fourth-order valence-corrected chi connectivity index (χ4v) is 4.04. The third-order valence-corrected chi connectivity index (χ3v) is 5.29. The fourth-order valence-electron chi connectivity index (χ4n) is 4.04. The summed E-state index contributed by atoms with van der Waals surface area (Å²) in [5, 5.41) is 40.5. The third-order valence-electron chi connectivity index (χ3n) is 5.29. The normalized spacial score (nSPS) is 35.4. The molecule has 118 valence electrons. The minimum atomic E-state index is -1.57. The average Bonchev–Trinajstić information content (AvgIpc) is 2.33. The predicted octanol–water partition coefficient (Wildman–Crippen LogP) is 2.29. The Bertz CT molecular complexity index is 301. The van der Waals surface area contributed by atoms with Crippen LogP contribution in [0.5, 0.6) is 0 Å². The minimum Gasteiger partial charge on any atom is -0.366 e. The van der Waals surface area contributed by atoms with E-state index < -0.39 is 11.6 Å². The van der Waals surface area contributed by atoms with Gasteiger partial charge in [0.2, 0.25) is 0 Å². The molecule has 0 aromatic rings. The van der Waals surface area contributed by atoms with E-state index in [0.29, 0.717) is 25.7 Å². The maximum absolute atomic E-state index is 10.4. The van der Waals surface area contributed by atoms with Crippen LogP contribution in [0.25, 0.3) is 0 Å². The van der Waals surface area contributed by atoms with Gasteiger partial charge in [-0.3, -0.25) is 0 Å². The van der Waals surface area contributed by atoms with Gasteiger partial charge in [0.05, 0.1) is 0 Å². The molecule has 2 saturated carbocycles. The molecule has 0 aromatic carbocycles. The Balaban J connectivity index is 2.05. The Kier molecular flexibility index (Phi) is 5.46. The molecule has 4 heteroatoms. The maximum atomic E-state index is 10.4. The zero-order valence-electron chi connectivity index (χ0n) is 12.4. The van der Waals surface area contributed by atoms with Crippen LogP contribution in [-0.4, -0.2) is 32.0 Å². The van der Waals surface area contributed by atoms with E-state index in [-0.39, 0.29) is 11.8 Å². The highest BCUT2D eigenvalue weighted by atomic mass is 16.5. The van der Waals surface area contributed by atoms with Crippen molar-refractivity contribution in [2.24, 2.45) is 11.8 Å². The number of hydrogen-bond donors (Lipinski definition) is 4. The molecule has 2 rings (SSSR count). The van der Waals surface area contributed by atoms with Crippen molar-refractivity contribution in [2.45, 2.75) is 88.6 Å². The van der Waals surface area contributed by atoms with E-state index in [9.17, 15) is 20.4 Å². The molecule has 0 aliphatic heterocycles. The van der Waals surface area contributed by atoms with Crippen LogP contribution >= 0.6 is 0 Å². The topological polar surface area (TPSA) is 80.9 Å². The molecule has 2 unspecified atom stereocenters. The van der Waals surface area contributed by atoms with Crippen molar-refractivity contribution >= 4 is 0 Å². The lowest BCUT2D eigenvalue weighted by Gasteiger charge is -2.40. The van der Waals surface area contributed by atoms with Gasteiger partial charge in [-0.1, -0.05) is 25.7 Å². The summed E-state index contributed by atoms with van der Waals surface area (Å²) in [6.45, 7) is 0. The molecule has 4 N–H and O–H groups in total. The predicted molar refractivity (Wildman–Crippen MR) is 76.7 cm³/mol. The molecular formula is C16H30O4. The van der Waals surface area contributed by atoms with Crippen LogP contribution < -0.4 is 0 Å². The second-order valence-corrected chi connectivity index (χ2v) is 6.96. The smallest absolute Gasteiger partial charge is 0.165 e. The largest absolute Gasteiger partial charge is 0.366 e. The highest BCUT2D eigenvalue weighted by Gasteiger charge is 2.40. The molecule has 4 nitrogen and oxygen atoms in total. The molecule has 2 atom stereocenters. The summed E-state index contributed by atoms with van der Waals surface area (Å²) in [6.07, 6.45) is 9.68. The summed E-state index contributed by atoms with van der Waals surface area (Å²) in [7, 11) is 0. The van der Waals surface area contributed by atoms with Crippen molar-refractivity contribution in [3.05, 3.63) is 0 Å². The lowest BCUT2D eigenvalue weighted by molar-refractivity contribution is -0.228. The Labute approximate surface area is 121 Å². The molecule has 2 aliphatic rings. The van der Waals surface area contributed by atoms with Crippen molar-refractivity contribution in [1.29, 1.82) is 0 Å². The molecular weight excluding hydrogens is 256 g/mol. The fraction of sp³-hybridized carbons (Fsp3) is 1.00. The van der Waals surface area contributed by atoms with Crippen molar-refractivity contribution in [3.8, 4) is 0 Å². The van der Waals surface area contributed by atoms with Gasteiger partial charge in [0, 0.05) is 25.2 Å². The first-order valence-corrected chi connectivity index (χ1v) is 8.30. The summed E-state index contributed by atoms with van der Waals surface area (Å²) < 4.78 is 0. The Hall–Kier alpha value is -0.160. The average molecular weight is 286 g/mol. The molecule has 0 spiro atoms. The van der Waals surface area contributed by atoms with E-state index in [4.69, 9.17) is 0 Å². The molecule has 0 radical (unpaired) electrons. The minimum absolute atomic E-state index is 0.114. The Morgan fingerprint density at radius 3 is 2.05 bits per heavy atom. The van der Waals surface area contributed by atoms with Gasteiger partial charge < -0.3 is 20.4 Å². The lowest BCUT2D eigenvalue weighted by atomic mass is 9.72. The van der Waals surface area contributed by atoms with Gasteiger partial charge in [0.15, 0.2) is 11.6 Å². The molecule has 0 saturated heterocycles. The Morgan fingerprint density at radius 2 is 1.25 bits per heavy atom. The second-order valence-electron chi connectivity index (χ2n) is 6.96. The van der Waals surface area contributed by atoms with Crippen molar-refractivity contribution in [2.75, 3.05) is 0 Å². The first kappa shape index (κ1) is 16.2.